The van der Waals surface area contributed by atoms with Crippen molar-refractivity contribution in [3.8, 4) is 5.75 Å². The first-order valence-corrected chi connectivity index (χ1v) is 6.34. The predicted octanol–water partition coefficient (Wildman–Crippen LogP) is 3.53. The molecule has 0 heterocycles. The third-order valence-corrected chi connectivity index (χ3v) is 2.63. The molecule has 2 nitrogen and oxygen atoms in total. The molecule has 0 bridgehead atoms. The lowest BCUT2D eigenvalue weighted by Crippen LogP contribution is -2.04. The Labute approximate surface area is 105 Å². The smallest absolute Gasteiger partial charge is 0.119 e. The fourth-order valence-corrected chi connectivity index (χ4v) is 1.67. The summed E-state index contributed by atoms with van der Waals surface area (Å²) < 4.78 is 5.67. The molecule has 0 fully saturated rings. The van der Waals surface area contributed by atoms with Gasteiger partial charge >= 0.3 is 0 Å². The number of unbranched alkanes of at least 4 members (excludes halogenated alkanes) is 3. The summed E-state index contributed by atoms with van der Waals surface area (Å²) in [4.78, 5) is 0. The largest absolute Gasteiger partial charge is 0.494 e. The van der Waals surface area contributed by atoms with Gasteiger partial charge in [-0.2, -0.15) is 0 Å². The summed E-state index contributed by atoms with van der Waals surface area (Å²) in [6.45, 7) is 5.43. The van der Waals surface area contributed by atoms with Crippen LogP contribution in [0.15, 0.2) is 36.9 Å². The lowest BCUT2D eigenvalue weighted by Gasteiger charge is -2.07. The fraction of sp³-hybridized carbons (Fsp3) is 0.467. The van der Waals surface area contributed by atoms with E-state index in [0.29, 0.717) is 0 Å². The lowest BCUT2D eigenvalue weighted by atomic mass is 10.2. The number of hydrogen-bond donors (Lipinski definition) is 1. The Morgan fingerprint density at radius 2 is 1.94 bits per heavy atom. The SMILES string of the molecule is C=CCCCCCOc1ccc(CNC)cc1. The van der Waals surface area contributed by atoms with Crippen molar-refractivity contribution in [2.45, 2.75) is 32.2 Å². The molecule has 1 aromatic rings. The average molecular weight is 233 g/mol. The summed E-state index contributed by atoms with van der Waals surface area (Å²) in [6, 6.07) is 8.28. The second-order valence-electron chi connectivity index (χ2n) is 4.16. The summed E-state index contributed by atoms with van der Waals surface area (Å²) >= 11 is 0. The molecule has 0 aliphatic heterocycles. The molecule has 0 aliphatic carbocycles. The van der Waals surface area contributed by atoms with Gasteiger partial charge < -0.3 is 10.1 Å². The van der Waals surface area contributed by atoms with Crippen LogP contribution in [0, 0.1) is 0 Å². The second kappa shape index (κ2) is 8.82. The predicted molar refractivity (Wildman–Crippen MR) is 73.4 cm³/mol. The molecule has 0 aromatic heterocycles. The highest BCUT2D eigenvalue weighted by atomic mass is 16.5. The number of benzene rings is 1. The van der Waals surface area contributed by atoms with E-state index in [9.17, 15) is 0 Å². The molecular formula is C15H23NO. The van der Waals surface area contributed by atoms with Gasteiger partial charge in [0.05, 0.1) is 6.61 Å². The Hall–Kier alpha value is -1.28. The van der Waals surface area contributed by atoms with E-state index < -0.39 is 0 Å². The van der Waals surface area contributed by atoms with Gasteiger partial charge in [-0.3, -0.25) is 0 Å². The molecule has 1 aromatic carbocycles. The zero-order valence-corrected chi connectivity index (χ0v) is 10.7. The van der Waals surface area contributed by atoms with Crippen molar-refractivity contribution in [3.05, 3.63) is 42.5 Å². The third kappa shape index (κ3) is 6.12. The van der Waals surface area contributed by atoms with E-state index in [0.717, 1.165) is 31.7 Å². The maximum atomic E-state index is 5.67. The minimum Gasteiger partial charge on any atom is -0.494 e. The number of nitrogens with one attached hydrogen (secondary N) is 1. The topological polar surface area (TPSA) is 21.3 Å². The Balaban J connectivity index is 2.16. The normalized spacial score (nSPS) is 10.2. The number of rotatable bonds is 9. The van der Waals surface area contributed by atoms with Gasteiger partial charge in [0.1, 0.15) is 5.75 Å². The molecule has 0 radical (unpaired) electrons. The number of allylic oxidation sites excluding steroid dienone is 1. The van der Waals surface area contributed by atoms with Crippen LogP contribution in [0.25, 0.3) is 0 Å². The molecule has 1 N–H and O–H groups in total. The van der Waals surface area contributed by atoms with Gasteiger partial charge in [-0.1, -0.05) is 18.2 Å². The molecule has 0 unspecified atom stereocenters. The highest BCUT2D eigenvalue weighted by molar-refractivity contribution is 5.27. The van der Waals surface area contributed by atoms with Crippen LogP contribution in [0.4, 0.5) is 0 Å². The molecule has 0 atom stereocenters. The summed E-state index contributed by atoms with van der Waals surface area (Å²) in [5, 5.41) is 3.13. The van der Waals surface area contributed by atoms with E-state index in [-0.39, 0.29) is 0 Å². The van der Waals surface area contributed by atoms with Crippen molar-refractivity contribution >= 4 is 0 Å². The molecule has 1 rings (SSSR count). The second-order valence-corrected chi connectivity index (χ2v) is 4.16. The third-order valence-electron chi connectivity index (χ3n) is 2.63. The zero-order chi connectivity index (χ0) is 12.3. The van der Waals surface area contributed by atoms with E-state index in [1.165, 1.54) is 18.4 Å². The molecule has 94 valence electrons. The fourth-order valence-electron chi connectivity index (χ4n) is 1.67. The van der Waals surface area contributed by atoms with Gasteiger partial charge in [0.25, 0.3) is 0 Å². The molecule has 0 saturated heterocycles. The van der Waals surface area contributed by atoms with Crippen molar-refractivity contribution in [1.82, 2.24) is 5.32 Å². The van der Waals surface area contributed by atoms with Crippen LogP contribution in [-0.4, -0.2) is 13.7 Å². The van der Waals surface area contributed by atoms with Crippen molar-refractivity contribution in [2.24, 2.45) is 0 Å². The van der Waals surface area contributed by atoms with Crippen molar-refractivity contribution in [1.29, 1.82) is 0 Å². The minimum absolute atomic E-state index is 0.808. The molecule has 0 spiro atoms. The summed E-state index contributed by atoms with van der Waals surface area (Å²) in [5.41, 5.74) is 1.28. The molecule has 17 heavy (non-hydrogen) atoms. The van der Waals surface area contributed by atoms with Crippen LogP contribution in [0.2, 0.25) is 0 Å². The van der Waals surface area contributed by atoms with Crippen LogP contribution in [0.3, 0.4) is 0 Å². The first-order chi connectivity index (χ1) is 8.36. The Morgan fingerprint density at radius 3 is 2.59 bits per heavy atom. The maximum Gasteiger partial charge on any atom is 0.119 e. The maximum absolute atomic E-state index is 5.67. The summed E-state index contributed by atoms with van der Waals surface area (Å²) in [7, 11) is 1.95. The Bertz CT molecular complexity index is 305. The first kappa shape index (κ1) is 13.8. The molecule has 2 heteroatoms. The monoisotopic (exact) mass is 233 g/mol. The summed E-state index contributed by atoms with van der Waals surface area (Å²) in [6.07, 6.45) is 6.63. The average Bonchev–Trinajstić information content (AvgIpc) is 2.36. The van der Waals surface area contributed by atoms with E-state index >= 15 is 0 Å². The Morgan fingerprint density at radius 1 is 1.18 bits per heavy atom. The van der Waals surface area contributed by atoms with Gasteiger partial charge in [0.15, 0.2) is 0 Å². The molecular weight excluding hydrogens is 210 g/mol. The van der Waals surface area contributed by atoms with Crippen LogP contribution in [0.1, 0.15) is 31.2 Å². The van der Waals surface area contributed by atoms with Gasteiger partial charge in [-0.05, 0) is 50.4 Å². The summed E-state index contributed by atoms with van der Waals surface area (Å²) in [5.74, 6) is 0.966. The molecule has 0 aliphatic rings. The van der Waals surface area contributed by atoms with E-state index in [1.807, 2.05) is 25.3 Å². The van der Waals surface area contributed by atoms with Crippen molar-refractivity contribution in [2.75, 3.05) is 13.7 Å². The lowest BCUT2D eigenvalue weighted by molar-refractivity contribution is 0.305. The molecule has 0 amide bonds. The highest BCUT2D eigenvalue weighted by Gasteiger charge is 1.95. The first-order valence-electron chi connectivity index (χ1n) is 6.34. The minimum atomic E-state index is 0.808. The quantitative estimate of drug-likeness (QED) is 0.520. The molecule has 0 saturated carbocycles. The van der Waals surface area contributed by atoms with Crippen LogP contribution in [-0.2, 0) is 6.54 Å². The Kier molecular flexibility index (Phi) is 7.15. The zero-order valence-electron chi connectivity index (χ0n) is 10.7. The highest BCUT2D eigenvalue weighted by Crippen LogP contribution is 2.12. The van der Waals surface area contributed by atoms with E-state index in [2.05, 4.69) is 24.0 Å². The van der Waals surface area contributed by atoms with Crippen LogP contribution >= 0.6 is 0 Å². The van der Waals surface area contributed by atoms with Crippen LogP contribution in [0.5, 0.6) is 5.75 Å². The van der Waals surface area contributed by atoms with Crippen molar-refractivity contribution < 1.29 is 4.74 Å². The van der Waals surface area contributed by atoms with Crippen molar-refractivity contribution in [3.63, 3.8) is 0 Å². The van der Waals surface area contributed by atoms with Gasteiger partial charge in [0, 0.05) is 6.54 Å². The van der Waals surface area contributed by atoms with Gasteiger partial charge in [0.2, 0.25) is 0 Å². The van der Waals surface area contributed by atoms with E-state index in [1.54, 1.807) is 0 Å². The number of ether oxygens (including phenoxy) is 1. The van der Waals surface area contributed by atoms with Gasteiger partial charge in [-0.25, -0.2) is 0 Å². The van der Waals surface area contributed by atoms with E-state index in [4.69, 9.17) is 4.74 Å². The van der Waals surface area contributed by atoms with Gasteiger partial charge in [-0.15, -0.1) is 6.58 Å². The number of hydrogen-bond acceptors (Lipinski definition) is 2. The van der Waals surface area contributed by atoms with Crippen LogP contribution < -0.4 is 10.1 Å². The standard InChI is InChI=1S/C15H23NO/c1-3-4-5-6-7-12-17-15-10-8-14(9-11-15)13-16-2/h3,8-11,16H,1,4-7,12-13H2,2H3.